The van der Waals surface area contributed by atoms with Gasteiger partial charge in [-0.15, -0.1) is 0 Å². The zero-order valence-corrected chi connectivity index (χ0v) is 17.0. The lowest BCUT2D eigenvalue weighted by atomic mass is 9.94. The topological polar surface area (TPSA) is 191 Å². The van der Waals surface area contributed by atoms with Crippen LogP contribution in [0, 0.1) is 0 Å². The van der Waals surface area contributed by atoms with E-state index in [2.05, 4.69) is 10.6 Å². The number of hydrogen-bond acceptors (Lipinski definition) is 8. The summed E-state index contributed by atoms with van der Waals surface area (Å²) in [5, 5.41) is 43.9. The number of ether oxygens (including phenoxy) is 1. The highest BCUT2D eigenvalue weighted by Gasteiger charge is 2.43. The smallest absolute Gasteiger partial charge is 0.332 e. The minimum absolute atomic E-state index is 0.295. The Kier molecular flexibility index (Phi) is 8.89. The van der Waals surface area contributed by atoms with Crippen molar-refractivity contribution in [1.82, 2.24) is 10.6 Å². The molecule has 2 rings (SSSR count). The first-order valence-electron chi connectivity index (χ1n) is 9.90. The van der Waals surface area contributed by atoms with E-state index in [1.807, 2.05) is 30.3 Å². The molecule has 2 amide bonds. The SMILES string of the molecule is C[C@H](NC(=O)[C@@H](N)Cc1ccccc1)C(=O)NC[C@H](O)[C@H]1O[C@H](C(=O)O)C[C@@H](O)[C@H]1O. The third-order valence-electron chi connectivity index (χ3n) is 5.04. The molecule has 1 aliphatic heterocycles. The van der Waals surface area contributed by atoms with Crippen LogP contribution in [0.15, 0.2) is 30.3 Å². The highest BCUT2D eigenvalue weighted by Crippen LogP contribution is 2.23. The predicted molar refractivity (Wildman–Crippen MR) is 108 cm³/mol. The Morgan fingerprint density at radius 2 is 1.84 bits per heavy atom. The van der Waals surface area contributed by atoms with Gasteiger partial charge in [0.25, 0.3) is 0 Å². The number of rotatable bonds is 9. The number of nitrogens with one attached hydrogen (secondary N) is 2. The number of carboxylic acid groups (broad SMARTS) is 1. The molecule has 11 nitrogen and oxygen atoms in total. The number of carbonyl (C=O) groups is 3. The molecular weight excluding hydrogens is 410 g/mol. The Labute approximate surface area is 179 Å². The molecule has 0 unspecified atom stereocenters. The van der Waals surface area contributed by atoms with Crippen molar-refractivity contribution in [2.24, 2.45) is 5.73 Å². The molecule has 0 radical (unpaired) electrons. The van der Waals surface area contributed by atoms with Crippen LogP contribution in [-0.2, 0) is 25.5 Å². The average Bonchev–Trinajstić information content (AvgIpc) is 2.73. The van der Waals surface area contributed by atoms with Crippen molar-refractivity contribution in [3.05, 3.63) is 35.9 Å². The minimum atomic E-state index is -1.52. The maximum atomic E-state index is 12.2. The molecule has 172 valence electrons. The Morgan fingerprint density at radius 3 is 2.45 bits per heavy atom. The number of benzene rings is 1. The third-order valence-corrected chi connectivity index (χ3v) is 5.04. The molecule has 31 heavy (non-hydrogen) atoms. The van der Waals surface area contributed by atoms with Gasteiger partial charge in [0.1, 0.15) is 24.4 Å². The highest BCUT2D eigenvalue weighted by atomic mass is 16.5. The number of aliphatic hydroxyl groups is 3. The molecule has 1 aliphatic rings. The van der Waals surface area contributed by atoms with Gasteiger partial charge < -0.3 is 41.5 Å². The fraction of sp³-hybridized carbons (Fsp3) is 0.550. The van der Waals surface area contributed by atoms with Gasteiger partial charge in [-0.05, 0) is 18.9 Å². The molecule has 7 atom stereocenters. The molecule has 1 aromatic rings. The van der Waals surface area contributed by atoms with Gasteiger partial charge in [0.2, 0.25) is 11.8 Å². The van der Waals surface area contributed by atoms with Gasteiger partial charge in [-0.3, -0.25) is 9.59 Å². The van der Waals surface area contributed by atoms with Crippen LogP contribution in [0.25, 0.3) is 0 Å². The van der Waals surface area contributed by atoms with Gasteiger partial charge >= 0.3 is 5.97 Å². The van der Waals surface area contributed by atoms with E-state index in [0.717, 1.165) is 5.56 Å². The maximum absolute atomic E-state index is 12.2. The van der Waals surface area contributed by atoms with Crippen molar-refractivity contribution < 1.29 is 39.5 Å². The van der Waals surface area contributed by atoms with Crippen LogP contribution in [0.2, 0.25) is 0 Å². The summed E-state index contributed by atoms with van der Waals surface area (Å²) in [6.07, 6.45) is -7.22. The number of carbonyl (C=O) groups excluding carboxylic acids is 2. The summed E-state index contributed by atoms with van der Waals surface area (Å²) < 4.78 is 5.14. The first-order valence-corrected chi connectivity index (χ1v) is 9.90. The van der Waals surface area contributed by atoms with Crippen molar-refractivity contribution in [2.45, 2.75) is 62.4 Å². The van der Waals surface area contributed by atoms with Crippen LogP contribution in [-0.4, -0.2) is 87.4 Å². The van der Waals surface area contributed by atoms with E-state index >= 15 is 0 Å². The lowest BCUT2D eigenvalue weighted by molar-refractivity contribution is -0.208. The van der Waals surface area contributed by atoms with Gasteiger partial charge in [-0.2, -0.15) is 0 Å². The van der Waals surface area contributed by atoms with Crippen LogP contribution in [0.1, 0.15) is 18.9 Å². The molecular formula is C20H29N3O8. The number of aliphatic carboxylic acids is 1. The van der Waals surface area contributed by atoms with Gasteiger partial charge in [-0.25, -0.2) is 4.79 Å². The molecule has 0 saturated carbocycles. The molecule has 0 bridgehead atoms. The Morgan fingerprint density at radius 1 is 1.19 bits per heavy atom. The molecule has 0 aliphatic carbocycles. The first-order chi connectivity index (χ1) is 14.6. The fourth-order valence-corrected chi connectivity index (χ4v) is 3.20. The lowest BCUT2D eigenvalue weighted by Crippen LogP contribution is -2.58. The highest BCUT2D eigenvalue weighted by molar-refractivity contribution is 5.89. The van der Waals surface area contributed by atoms with Crippen molar-refractivity contribution >= 4 is 17.8 Å². The van der Waals surface area contributed by atoms with E-state index in [1.165, 1.54) is 6.92 Å². The molecule has 1 aromatic carbocycles. The third kappa shape index (κ3) is 6.97. The van der Waals surface area contributed by atoms with Crippen molar-refractivity contribution in [1.29, 1.82) is 0 Å². The molecule has 1 saturated heterocycles. The molecule has 11 heteroatoms. The van der Waals surface area contributed by atoms with Crippen LogP contribution < -0.4 is 16.4 Å². The summed E-state index contributed by atoms with van der Waals surface area (Å²) in [7, 11) is 0. The number of nitrogens with two attached hydrogens (primary N) is 1. The summed E-state index contributed by atoms with van der Waals surface area (Å²) in [5.74, 6) is -2.49. The Balaban J connectivity index is 1.82. The summed E-state index contributed by atoms with van der Waals surface area (Å²) in [6.45, 7) is 1.04. The largest absolute Gasteiger partial charge is 0.479 e. The molecule has 1 fully saturated rings. The van der Waals surface area contributed by atoms with Crippen LogP contribution in [0.3, 0.4) is 0 Å². The van der Waals surface area contributed by atoms with Crippen molar-refractivity contribution in [3.8, 4) is 0 Å². The van der Waals surface area contributed by atoms with E-state index in [1.54, 1.807) is 0 Å². The van der Waals surface area contributed by atoms with Crippen molar-refractivity contribution in [3.63, 3.8) is 0 Å². The zero-order chi connectivity index (χ0) is 23.1. The van der Waals surface area contributed by atoms with Crippen LogP contribution in [0.5, 0.6) is 0 Å². The molecule has 1 heterocycles. The summed E-state index contributed by atoms with van der Waals surface area (Å²) >= 11 is 0. The van der Waals surface area contributed by atoms with Gasteiger partial charge in [-0.1, -0.05) is 30.3 Å². The van der Waals surface area contributed by atoms with E-state index in [4.69, 9.17) is 15.6 Å². The van der Waals surface area contributed by atoms with E-state index < -0.39 is 66.9 Å². The summed E-state index contributed by atoms with van der Waals surface area (Å²) in [6, 6.07) is 7.34. The molecule has 8 N–H and O–H groups in total. The number of hydrogen-bond donors (Lipinski definition) is 7. The van der Waals surface area contributed by atoms with Gasteiger partial charge in [0, 0.05) is 13.0 Å². The zero-order valence-electron chi connectivity index (χ0n) is 17.0. The van der Waals surface area contributed by atoms with Crippen LogP contribution in [0.4, 0.5) is 0 Å². The standard InChI is InChI=1S/C20H29N3O8/c1-10(23-19(28)12(21)7-11-5-3-2-4-6-11)18(27)22-9-14(25)17-16(26)13(24)8-15(31-17)20(29)30/h2-6,10,12-17,24-26H,7-9,21H2,1H3,(H,22,27)(H,23,28)(H,29,30)/t10-,12-,13+,14-,15-,16+,17+/m0/s1. The Hall–Kier alpha value is -2.57. The van der Waals surface area contributed by atoms with E-state index in [9.17, 15) is 29.7 Å². The lowest BCUT2D eigenvalue weighted by Gasteiger charge is -2.37. The normalized spacial score (nSPS) is 26.4. The predicted octanol–water partition coefficient (Wildman–Crippen LogP) is -2.50. The molecule has 0 aromatic heterocycles. The first kappa shape index (κ1) is 24.7. The van der Waals surface area contributed by atoms with Crippen molar-refractivity contribution in [2.75, 3.05) is 6.54 Å². The summed E-state index contributed by atoms with van der Waals surface area (Å²) in [4.78, 5) is 35.5. The number of aliphatic hydroxyl groups excluding tert-OH is 3. The summed E-state index contributed by atoms with van der Waals surface area (Å²) in [5.41, 5.74) is 6.76. The van der Waals surface area contributed by atoms with Gasteiger partial charge in [0.05, 0.1) is 12.1 Å². The van der Waals surface area contributed by atoms with Crippen LogP contribution >= 0.6 is 0 Å². The second kappa shape index (κ2) is 11.2. The second-order valence-corrected chi connectivity index (χ2v) is 7.56. The fourth-order valence-electron chi connectivity index (χ4n) is 3.20. The van der Waals surface area contributed by atoms with E-state index in [-0.39, 0.29) is 6.42 Å². The van der Waals surface area contributed by atoms with Gasteiger partial charge in [0.15, 0.2) is 6.10 Å². The molecule has 0 spiro atoms. The maximum Gasteiger partial charge on any atom is 0.332 e. The Bertz CT molecular complexity index is 762. The van der Waals surface area contributed by atoms with E-state index in [0.29, 0.717) is 6.42 Å². The number of carboxylic acids is 1. The average molecular weight is 439 g/mol. The number of amides is 2. The quantitative estimate of drug-likeness (QED) is 0.218. The monoisotopic (exact) mass is 439 g/mol. The minimum Gasteiger partial charge on any atom is -0.479 e. The second-order valence-electron chi connectivity index (χ2n) is 7.56.